The molecule has 254 valence electrons. The van der Waals surface area contributed by atoms with E-state index < -0.39 is 34.2 Å². The highest BCUT2D eigenvalue weighted by Crippen LogP contribution is 2.44. The number of nitrogens with zero attached hydrogens (tertiary/aromatic N) is 5. The molecule has 14 heteroatoms. The molecular formula is C34H40N6O8. The number of likely N-dealkylation sites (tertiary alicyclic amines) is 1. The van der Waals surface area contributed by atoms with Gasteiger partial charge >= 0.3 is 17.9 Å². The first-order chi connectivity index (χ1) is 23.1. The molecular weight excluding hydrogens is 620 g/mol. The molecule has 0 radical (unpaired) electrons. The number of allylic oxidation sites excluding steroid dienone is 4. The number of nitro benzene ring substituents is 1. The highest BCUT2D eigenvalue weighted by molar-refractivity contribution is 5.94. The van der Waals surface area contributed by atoms with Crippen LogP contribution in [0.3, 0.4) is 0 Å². The van der Waals surface area contributed by atoms with Crippen molar-refractivity contribution in [1.82, 2.24) is 20.2 Å². The van der Waals surface area contributed by atoms with Gasteiger partial charge in [-0.1, -0.05) is 31.2 Å². The van der Waals surface area contributed by atoms with Gasteiger partial charge in [0.25, 0.3) is 11.6 Å². The third-order valence-electron chi connectivity index (χ3n) is 8.98. The summed E-state index contributed by atoms with van der Waals surface area (Å²) >= 11 is 0. The Morgan fingerprint density at radius 3 is 2.48 bits per heavy atom. The number of carbonyl (C=O) groups is 3. The summed E-state index contributed by atoms with van der Waals surface area (Å²) in [5, 5.41) is 23.0. The van der Waals surface area contributed by atoms with E-state index in [1.807, 2.05) is 31.2 Å². The van der Waals surface area contributed by atoms with Crippen molar-refractivity contribution in [3.8, 4) is 23.3 Å². The number of benzene rings is 1. The molecule has 1 N–H and O–H groups in total. The van der Waals surface area contributed by atoms with Crippen molar-refractivity contribution in [1.29, 1.82) is 5.26 Å². The summed E-state index contributed by atoms with van der Waals surface area (Å²) in [5.41, 5.74) is 0.0214. The van der Waals surface area contributed by atoms with Crippen molar-refractivity contribution < 1.29 is 33.5 Å². The van der Waals surface area contributed by atoms with Crippen LogP contribution in [0.1, 0.15) is 49.5 Å². The lowest BCUT2D eigenvalue weighted by molar-refractivity contribution is -0.384. The van der Waals surface area contributed by atoms with Crippen molar-refractivity contribution in [2.45, 2.75) is 45.1 Å². The zero-order chi connectivity index (χ0) is 34.7. The number of nitriles is 1. The summed E-state index contributed by atoms with van der Waals surface area (Å²) in [6, 6.07) is 8.34. The Bertz CT molecular complexity index is 1580. The molecule has 1 fully saturated rings. The summed E-state index contributed by atoms with van der Waals surface area (Å²) in [5.74, 6) is -2.16. The van der Waals surface area contributed by atoms with Gasteiger partial charge in [0.15, 0.2) is 0 Å². The van der Waals surface area contributed by atoms with Crippen molar-refractivity contribution >= 4 is 23.5 Å². The van der Waals surface area contributed by atoms with E-state index in [9.17, 15) is 24.5 Å². The van der Waals surface area contributed by atoms with E-state index in [4.69, 9.17) is 19.5 Å². The van der Waals surface area contributed by atoms with Crippen LogP contribution in [-0.4, -0.2) is 84.1 Å². The van der Waals surface area contributed by atoms with E-state index in [-0.39, 0.29) is 48.9 Å². The quantitative estimate of drug-likeness (QED) is 0.133. The smallest absolute Gasteiger partial charge is 0.317 e. The molecule has 1 saturated heterocycles. The number of amides is 1. The zero-order valence-corrected chi connectivity index (χ0v) is 27.3. The number of hydrogen-bond acceptors (Lipinski definition) is 12. The second kappa shape index (κ2) is 16.6. The van der Waals surface area contributed by atoms with E-state index in [1.54, 1.807) is 0 Å². The Kier molecular flexibility index (Phi) is 12.3. The number of non-ortho nitro benzene ring substituents is 1. The van der Waals surface area contributed by atoms with Crippen LogP contribution in [0.2, 0.25) is 0 Å². The van der Waals surface area contributed by atoms with E-state index in [0.29, 0.717) is 43.6 Å². The molecule has 1 aliphatic heterocycles. The second-order valence-corrected chi connectivity index (χ2v) is 11.7. The number of nitrogens with one attached hydrogen (secondary N) is 1. The molecule has 48 heavy (non-hydrogen) atoms. The highest BCUT2D eigenvalue weighted by atomic mass is 16.6. The summed E-state index contributed by atoms with van der Waals surface area (Å²) in [6.45, 7) is 3.06. The lowest BCUT2D eigenvalue weighted by Crippen LogP contribution is -2.53. The predicted molar refractivity (Wildman–Crippen MR) is 173 cm³/mol. The number of hydrogen-bond donors (Lipinski definition) is 1. The summed E-state index contributed by atoms with van der Waals surface area (Å²) in [7, 11) is 2.76. The molecule has 0 bridgehead atoms. The van der Waals surface area contributed by atoms with Gasteiger partial charge in [-0.2, -0.15) is 15.2 Å². The fourth-order valence-electron chi connectivity index (χ4n) is 6.27. The van der Waals surface area contributed by atoms with Gasteiger partial charge in [0, 0.05) is 30.3 Å². The Labute approximate surface area is 278 Å². The van der Waals surface area contributed by atoms with Crippen LogP contribution in [0.5, 0.6) is 6.01 Å². The minimum atomic E-state index is -0.793. The van der Waals surface area contributed by atoms with Gasteiger partial charge in [0.2, 0.25) is 0 Å². The molecule has 1 aromatic heterocycles. The summed E-state index contributed by atoms with van der Waals surface area (Å²) in [4.78, 5) is 61.4. The SMILES string of the molecule is CCC(NC(=O)c1cc(-c2ccc([N+](=O)[O-])cc2)nc(OC)n1)C(CN1CCC(C(=O)OC)(C2C=CC=CC2)CC1)C(=O)OCCC#N. The van der Waals surface area contributed by atoms with E-state index in [0.717, 1.165) is 6.42 Å². The molecule has 1 aliphatic carbocycles. The summed E-state index contributed by atoms with van der Waals surface area (Å²) < 4.78 is 15.9. The van der Waals surface area contributed by atoms with Crippen LogP contribution in [0, 0.1) is 38.7 Å². The average molecular weight is 661 g/mol. The van der Waals surface area contributed by atoms with E-state index in [1.165, 1.54) is 44.6 Å². The van der Waals surface area contributed by atoms with Crippen LogP contribution in [0.25, 0.3) is 11.3 Å². The van der Waals surface area contributed by atoms with Crippen LogP contribution >= 0.6 is 0 Å². The minimum Gasteiger partial charge on any atom is -0.469 e. The molecule has 4 rings (SSSR count). The van der Waals surface area contributed by atoms with E-state index >= 15 is 0 Å². The maximum atomic E-state index is 13.6. The summed E-state index contributed by atoms with van der Waals surface area (Å²) in [6.07, 6.45) is 10.2. The first-order valence-corrected chi connectivity index (χ1v) is 15.8. The Morgan fingerprint density at radius 2 is 1.90 bits per heavy atom. The standard InChI is InChI=1S/C34H40N6O8/c1-4-27(36-30(41)29-21-28(37-33(38-29)47-3)23-11-13-25(14-12-23)40(44)45)26(31(42)48-20-8-17-35)22-39-18-15-34(16-19-39,32(43)46-2)24-9-6-5-7-10-24/h5-7,9,11-14,21,24,26-27H,4,8,10,15-16,18-20,22H2,1-3H3,(H,36,41). The number of carbonyl (C=O) groups excluding carboxylic acids is 3. The zero-order valence-electron chi connectivity index (χ0n) is 27.3. The van der Waals surface area contributed by atoms with Gasteiger partial charge < -0.3 is 24.4 Å². The first-order valence-electron chi connectivity index (χ1n) is 15.8. The van der Waals surface area contributed by atoms with Gasteiger partial charge in [-0.05, 0) is 62.9 Å². The largest absolute Gasteiger partial charge is 0.469 e. The van der Waals surface area contributed by atoms with Crippen molar-refractivity contribution in [2.75, 3.05) is 40.5 Å². The number of esters is 2. The monoisotopic (exact) mass is 660 g/mol. The number of rotatable bonds is 14. The van der Waals surface area contributed by atoms with Crippen molar-refractivity contribution in [3.63, 3.8) is 0 Å². The normalized spacial score (nSPS) is 18.2. The second-order valence-electron chi connectivity index (χ2n) is 11.7. The lowest BCUT2D eigenvalue weighted by atomic mass is 9.66. The molecule has 0 saturated carbocycles. The maximum absolute atomic E-state index is 13.6. The molecule has 1 amide bonds. The molecule has 3 unspecified atom stereocenters. The van der Waals surface area contributed by atoms with Crippen LogP contribution in [-0.2, 0) is 19.1 Å². The predicted octanol–water partition coefficient (Wildman–Crippen LogP) is 4.03. The average Bonchev–Trinajstić information content (AvgIpc) is 3.13. The lowest BCUT2D eigenvalue weighted by Gasteiger charge is -2.44. The fraction of sp³-hybridized carbons (Fsp3) is 0.471. The highest BCUT2D eigenvalue weighted by Gasteiger charge is 2.48. The number of nitro groups is 1. The molecule has 1 aromatic carbocycles. The Morgan fingerprint density at radius 1 is 1.17 bits per heavy atom. The van der Waals surface area contributed by atoms with Gasteiger partial charge in [0.1, 0.15) is 12.3 Å². The first kappa shape index (κ1) is 35.7. The number of aromatic nitrogens is 2. The molecule has 2 aliphatic rings. The van der Waals surface area contributed by atoms with E-state index in [2.05, 4.69) is 26.3 Å². The van der Waals surface area contributed by atoms with Crippen LogP contribution < -0.4 is 10.1 Å². The number of methoxy groups -OCH3 is 2. The van der Waals surface area contributed by atoms with Crippen LogP contribution in [0.15, 0.2) is 54.6 Å². The van der Waals surface area contributed by atoms with Gasteiger partial charge in [0.05, 0.1) is 48.7 Å². The Hall–Kier alpha value is -5.16. The van der Waals surface area contributed by atoms with Gasteiger partial charge in [-0.3, -0.25) is 24.5 Å². The molecule has 0 spiro atoms. The maximum Gasteiger partial charge on any atom is 0.317 e. The number of piperidine rings is 1. The Balaban J connectivity index is 1.54. The molecule has 3 atom stereocenters. The fourth-order valence-corrected chi connectivity index (χ4v) is 6.27. The molecule has 2 heterocycles. The molecule has 14 nitrogen and oxygen atoms in total. The third-order valence-corrected chi connectivity index (χ3v) is 8.98. The van der Waals surface area contributed by atoms with Gasteiger partial charge in [-0.25, -0.2) is 0 Å². The minimum absolute atomic E-state index is 0.00673. The van der Waals surface area contributed by atoms with Crippen molar-refractivity contribution in [3.05, 3.63) is 70.4 Å². The molecule has 2 aromatic rings. The topological polar surface area (TPSA) is 187 Å². The van der Waals surface area contributed by atoms with Crippen LogP contribution in [0.4, 0.5) is 5.69 Å². The third kappa shape index (κ3) is 8.40. The number of ether oxygens (including phenoxy) is 3. The van der Waals surface area contributed by atoms with Crippen molar-refractivity contribution in [2.24, 2.45) is 17.3 Å². The van der Waals surface area contributed by atoms with Gasteiger partial charge in [-0.15, -0.1) is 0 Å².